The van der Waals surface area contributed by atoms with Crippen molar-refractivity contribution in [3.63, 3.8) is 0 Å². The highest BCUT2D eigenvalue weighted by Gasteiger charge is 2.21. The van der Waals surface area contributed by atoms with Crippen LogP contribution in [0.4, 0.5) is 0 Å². The molecule has 0 bridgehead atoms. The standard InChI is InChI=1S/C11H15BrN2O4/c1-2-14-6-7(12)5-9(14)10(16)13-8(3-4-15)11(17)18/h5-6,8,15H,2-4H2,1H3,(H,13,16)(H,17,18)/t8-/m1/s1. The van der Waals surface area contributed by atoms with Crippen molar-refractivity contribution in [3.05, 3.63) is 22.4 Å². The fourth-order valence-electron chi connectivity index (χ4n) is 1.55. The van der Waals surface area contributed by atoms with E-state index in [1.807, 2.05) is 6.92 Å². The molecule has 18 heavy (non-hydrogen) atoms. The number of halogens is 1. The van der Waals surface area contributed by atoms with Gasteiger partial charge < -0.3 is 20.1 Å². The number of carbonyl (C=O) groups excluding carboxylic acids is 1. The normalized spacial score (nSPS) is 12.2. The summed E-state index contributed by atoms with van der Waals surface area (Å²) in [5.41, 5.74) is 0.383. The van der Waals surface area contributed by atoms with Gasteiger partial charge in [-0.1, -0.05) is 0 Å². The van der Waals surface area contributed by atoms with Crippen LogP contribution in [-0.4, -0.2) is 39.3 Å². The van der Waals surface area contributed by atoms with Gasteiger partial charge in [-0.05, 0) is 28.9 Å². The molecule has 0 aliphatic carbocycles. The second-order valence-corrected chi connectivity index (χ2v) is 4.62. The Morgan fingerprint density at radius 1 is 1.56 bits per heavy atom. The van der Waals surface area contributed by atoms with Crippen LogP contribution in [0.2, 0.25) is 0 Å². The predicted molar refractivity (Wildman–Crippen MR) is 68.4 cm³/mol. The number of carbonyl (C=O) groups is 2. The molecule has 1 aromatic rings. The molecule has 6 nitrogen and oxygen atoms in total. The zero-order chi connectivity index (χ0) is 13.7. The smallest absolute Gasteiger partial charge is 0.326 e. The molecule has 0 radical (unpaired) electrons. The molecular formula is C11H15BrN2O4. The lowest BCUT2D eigenvalue weighted by atomic mass is 10.2. The molecule has 0 saturated heterocycles. The van der Waals surface area contributed by atoms with Crippen LogP contribution in [0.15, 0.2) is 16.7 Å². The van der Waals surface area contributed by atoms with E-state index in [-0.39, 0.29) is 13.0 Å². The van der Waals surface area contributed by atoms with E-state index in [1.165, 1.54) is 0 Å². The molecule has 1 heterocycles. The molecule has 0 saturated carbocycles. The quantitative estimate of drug-likeness (QED) is 0.724. The van der Waals surface area contributed by atoms with Crippen LogP contribution < -0.4 is 5.32 Å². The number of amides is 1. The molecule has 3 N–H and O–H groups in total. The van der Waals surface area contributed by atoms with Crippen LogP contribution in [0.1, 0.15) is 23.8 Å². The largest absolute Gasteiger partial charge is 0.480 e. The first-order valence-electron chi connectivity index (χ1n) is 5.49. The maximum Gasteiger partial charge on any atom is 0.326 e. The second-order valence-electron chi connectivity index (χ2n) is 3.71. The van der Waals surface area contributed by atoms with Crippen LogP contribution in [0.25, 0.3) is 0 Å². The van der Waals surface area contributed by atoms with Crippen molar-refractivity contribution in [3.8, 4) is 0 Å². The van der Waals surface area contributed by atoms with Gasteiger partial charge in [-0.3, -0.25) is 4.79 Å². The van der Waals surface area contributed by atoms with Crippen LogP contribution >= 0.6 is 15.9 Å². The van der Waals surface area contributed by atoms with Crippen LogP contribution in [0, 0.1) is 0 Å². The van der Waals surface area contributed by atoms with E-state index >= 15 is 0 Å². The third kappa shape index (κ3) is 3.58. The van der Waals surface area contributed by atoms with Crippen molar-refractivity contribution in [2.24, 2.45) is 0 Å². The molecule has 1 aromatic heterocycles. The molecule has 1 amide bonds. The highest BCUT2D eigenvalue weighted by molar-refractivity contribution is 9.10. The molecule has 7 heteroatoms. The van der Waals surface area contributed by atoms with E-state index in [1.54, 1.807) is 16.8 Å². The van der Waals surface area contributed by atoms with Crippen molar-refractivity contribution in [2.75, 3.05) is 6.61 Å². The summed E-state index contributed by atoms with van der Waals surface area (Å²) in [4.78, 5) is 22.8. The fraction of sp³-hybridized carbons (Fsp3) is 0.455. The Hall–Kier alpha value is -1.34. The Balaban J connectivity index is 2.83. The number of nitrogens with zero attached hydrogens (tertiary/aromatic N) is 1. The summed E-state index contributed by atoms with van der Waals surface area (Å²) in [5.74, 6) is -1.63. The first-order chi connectivity index (χ1) is 8.49. The average molecular weight is 319 g/mol. The molecule has 0 spiro atoms. The van der Waals surface area contributed by atoms with Gasteiger partial charge in [0.2, 0.25) is 0 Å². The third-order valence-electron chi connectivity index (χ3n) is 2.46. The van der Waals surface area contributed by atoms with Crippen molar-refractivity contribution in [1.82, 2.24) is 9.88 Å². The van der Waals surface area contributed by atoms with Crippen LogP contribution in [0.3, 0.4) is 0 Å². The Labute approximate surface area is 113 Å². The number of hydrogen-bond acceptors (Lipinski definition) is 3. The second kappa shape index (κ2) is 6.55. The van der Waals surface area contributed by atoms with Crippen LogP contribution in [0.5, 0.6) is 0 Å². The predicted octanol–water partition coefficient (Wildman–Crippen LogP) is 0.836. The molecule has 0 aromatic carbocycles. The molecule has 1 rings (SSSR count). The van der Waals surface area contributed by atoms with Crippen molar-refractivity contribution in [2.45, 2.75) is 25.9 Å². The van der Waals surface area contributed by atoms with E-state index in [2.05, 4.69) is 21.2 Å². The molecule has 0 aliphatic rings. The maximum absolute atomic E-state index is 11.9. The van der Waals surface area contributed by atoms with Gasteiger partial charge in [-0.15, -0.1) is 0 Å². The highest BCUT2D eigenvalue weighted by Crippen LogP contribution is 2.15. The minimum Gasteiger partial charge on any atom is -0.480 e. The molecule has 0 unspecified atom stereocenters. The molecule has 0 aliphatic heterocycles. The summed E-state index contributed by atoms with van der Waals surface area (Å²) in [6.45, 7) is 2.19. The van der Waals surface area contributed by atoms with Crippen molar-refractivity contribution in [1.29, 1.82) is 0 Å². The summed E-state index contributed by atoms with van der Waals surface area (Å²) in [5, 5.41) is 20.0. The summed E-state index contributed by atoms with van der Waals surface area (Å²) >= 11 is 3.26. The van der Waals surface area contributed by atoms with Gasteiger partial charge in [0.1, 0.15) is 11.7 Å². The number of aryl methyl sites for hydroxylation is 1. The first-order valence-corrected chi connectivity index (χ1v) is 6.29. The topological polar surface area (TPSA) is 91.6 Å². The van der Waals surface area contributed by atoms with E-state index in [0.717, 1.165) is 4.47 Å². The van der Waals surface area contributed by atoms with E-state index in [4.69, 9.17) is 10.2 Å². The van der Waals surface area contributed by atoms with Gasteiger partial charge in [0.15, 0.2) is 0 Å². The summed E-state index contributed by atoms with van der Waals surface area (Å²) in [6.07, 6.45) is 1.73. The highest BCUT2D eigenvalue weighted by atomic mass is 79.9. The van der Waals surface area contributed by atoms with Gasteiger partial charge in [0.05, 0.1) is 0 Å². The van der Waals surface area contributed by atoms with Crippen LogP contribution in [-0.2, 0) is 11.3 Å². The number of aliphatic hydroxyl groups is 1. The summed E-state index contributed by atoms with van der Waals surface area (Å²) in [6, 6.07) is 0.540. The fourth-order valence-corrected chi connectivity index (χ4v) is 2.01. The number of rotatable bonds is 6. The first kappa shape index (κ1) is 14.7. The van der Waals surface area contributed by atoms with E-state index in [0.29, 0.717) is 12.2 Å². The lowest BCUT2D eigenvalue weighted by molar-refractivity contribution is -0.139. The monoisotopic (exact) mass is 318 g/mol. The zero-order valence-corrected chi connectivity index (χ0v) is 11.5. The van der Waals surface area contributed by atoms with E-state index in [9.17, 15) is 9.59 Å². The lowest BCUT2D eigenvalue weighted by Gasteiger charge is -2.14. The number of hydrogen-bond donors (Lipinski definition) is 3. The third-order valence-corrected chi connectivity index (χ3v) is 2.89. The van der Waals surface area contributed by atoms with Gasteiger partial charge in [-0.25, -0.2) is 4.79 Å². The number of aliphatic hydroxyl groups excluding tert-OH is 1. The minimum atomic E-state index is -1.16. The average Bonchev–Trinajstić information content (AvgIpc) is 2.69. The van der Waals surface area contributed by atoms with Gasteiger partial charge in [0.25, 0.3) is 5.91 Å². The summed E-state index contributed by atoms with van der Waals surface area (Å²) < 4.78 is 2.46. The van der Waals surface area contributed by atoms with Gasteiger partial charge in [-0.2, -0.15) is 0 Å². The number of carboxylic acid groups (broad SMARTS) is 1. The van der Waals surface area contributed by atoms with E-state index < -0.39 is 17.9 Å². The van der Waals surface area contributed by atoms with Gasteiger partial charge >= 0.3 is 5.97 Å². The number of aromatic nitrogens is 1. The summed E-state index contributed by atoms with van der Waals surface area (Å²) in [7, 11) is 0. The Morgan fingerprint density at radius 2 is 2.22 bits per heavy atom. The van der Waals surface area contributed by atoms with Gasteiger partial charge in [0, 0.05) is 30.2 Å². The minimum absolute atomic E-state index is 0.0188. The number of aliphatic carboxylic acids is 1. The van der Waals surface area contributed by atoms with Crippen molar-refractivity contribution >= 4 is 27.8 Å². The Morgan fingerprint density at radius 3 is 2.72 bits per heavy atom. The SMILES string of the molecule is CCn1cc(Br)cc1C(=O)N[C@H](CCO)C(=O)O. The molecular weight excluding hydrogens is 304 g/mol. The number of carboxylic acids is 1. The lowest BCUT2D eigenvalue weighted by Crippen LogP contribution is -2.42. The Kier molecular flexibility index (Phi) is 5.36. The molecule has 1 atom stereocenters. The number of nitrogens with one attached hydrogen (secondary N) is 1. The van der Waals surface area contributed by atoms with Crippen molar-refractivity contribution < 1.29 is 19.8 Å². The maximum atomic E-state index is 11.9. The zero-order valence-electron chi connectivity index (χ0n) is 9.89. The molecule has 0 fully saturated rings. The molecule has 100 valence electrons. The Bertz CT molecular complexity index is 444.